The Morgan fingerprint density at radius 2 is 1.64 bits per heavy atom. The van der Waals surface area contributed by atoms with Crippen molar-refractivity contribution in [3.05, 3.63) is 69.2 Å². The maximum atomic E-state index is 12.8. The van der Waals surface area contributed by atoms with Crippen molar-refractivity contribution in [3.63, 3.8) is 0 Å². The van der Waals surface area contributed by atoms with E-state index in [1.54, 1.807) is 24.3 Å². The van der Waals surface area contributed by atoms with Crippen LogP contribution in [-0.4, -0.2) is 17.8 Å². The Bertz CT molecular complexity index is 917. The first-order valence-corrected chi connectivity index (χ1v) is 8.40. The van der Waals surface area contributed by atoms with E-state index in [1.807, 2.05) is 32.0 Å². The Balaban J connectivity index is 2.02. The average molecular weight is 399 g/mol. The number of anilines is 1. The van der Waals surface area contributed by atoms with Gasteiger partial charge >= 0.3 is 6.03 Å². The summed E-state index contributed by atoms with van der Waals surface area (Å²) in [4.78, 5) is 38.1. The molecule has 25 heavy (non-hydrogen) atoms. The van der Waals surface area contributed by atoms with Crippen molar-refractivity contribution in [2.75, 3.05) is 4.90 Å². The normalized spacial score (nSPS) is 16.4. The van der Waals surface area contributed by atoms with Crippen molar-refractivity contribution in [1.29, 1.82) is 0 Å². The van der Waals surface area contributed by atoms with Gasteiger partial charge in [-0.2, -0.15) is 0 Å². The second kappa shape index (κ2) is 6.64. The summed E-state index contributed by atoms with van der Waals surface area (Å²) in [6.45, 7) is 3.84. The summed E-state index contributed by atoms with van der Waals surface area (Å²) in [5.41, 5.74) is 3.04. The summed E-state index contributed by atoms with van der Waals surface area (Å²) >= 11 is 3.34. The summed E-state index contributed by atoms with van der Waals surface area (Å²) in [7, 11) is 0. The summed E-state index contributed by atoms with van der Waals surface area (Å²) in [6.07, 6.45) is 1.48. The third-order valence-electron chi connectivity index (χ3n) is 4.03. The van der Waals surface area contributed by atoms with Gasteiger partial charge < -0.3 is 0 Å². The number of amides is 4. The van der Waals surface area contributed by atoms with E-state index in [0.29, 0.717) is 11.3 Å². The Morgan fingerprint density at radius 3 is 2.28 bits per heavy atom. The first kappa shape index (κ1) is 17.1. The van der Waals surface area contributed by atoms with Gasteiger partial charge in [0.1, 0.15) is 5.57 Å². The topological polar surface area (TPSA) is 66.5 Å². The van der Waals surface area contributed by atoms with E-state index in [1.165, 1.54) is 6.08 Å². The van der Waals surface area contributed by atoms with Crippen LogP contribution >= 0.6 is 15.9 Å². The lowest BCUT2D eigenvalue weighted by molar-refractivity contribution is -0.122. The largest absolute Gasteiger partial charge is 0.335 e. The number of hydrogen-bond donors (Lipinski definition) is 1. The Hall–Kier alpha value is -2.73. The van der Waals surface area contributed by atoms with Crippen LogP contribution in [0.15, 0.2) is 52.5 Å². The van der Waals surface area contributed by atoms with Crippen LogP contribution < -0.4 is 10.2 Å². The number of nitrogens with one attached hydrogen (secondary N) is 1. The average Bonchev–Trinajstić information content (AvgIpc) is 2.56. The molecule has 0 unspecified atom stereocenters. The van der Waals surface area contributed by atoms with Gasteiger partial charge in [-0.1, -0.05) is 34.1 Å². The quantitative estimate of drug-likeness (QED) is 0.618. The molecule has 3 rings (SSSR count). The van der Waals surface area contributed by atoms with Crippen LogP contribution in [0.2, 0.25) is 0 Å². The van der Waals surface area contributed by atoms with E-state index >= 15 is 0 Å². The Morgan fingerprint density at radius 1 is 0.960 bits per heavy atom. The second-order valence-corrected chi connectivity index (χ2v) is 6.69. The minimum absolute atomic E-state index is 0.0832. The standard InChI is InChI=1S/C19H15BrN2O3/c1-11-3-8-15(9-12(11)2)22-18(24)16(17(23)21-19(22)25)10-13-4-6-14(20)7-5-13/h3-10H,1-2H3,(H,21,23,25)/b16-10+. The van der Waals surface area contributed by atoms with Gasteiger partial charge in [-0.05, 0) is 60.9 Å². The fourth-order valence-corrected chi connectivity index (χ4v) is 2.75. The van der Waals surface area contributed by atoms with Crippen LogP contribution in [0, 0.1) is 13.8 Å². The van der Waals surface area contributed by atoms with Crippen LogP contribution in [0.25, 0.3) is 6.08 Å². The number of halogens is 1. The number of urea groups is 1. The van der Waals surface area contributed by atoms with Crippen molar-refractivity contribution in [1.82, 2.24) is 5.32 Å². The lowest BCUT2D eigenvalue weighted by Gasteiger charge is -2.26. The predicted octanol–water partition coefficient (Wildman–Crippen LogP) is 3.73. The monoisotopic (exact) mass is 398 g/mol. The van der Waals surface area contributed by atoms with Crippen LogP contribution in [0.1, 0.15) is 16.7 Å². The second-order valence-electron chi connectivity index (χ2n) is 5.78. The summed E-state index contributed by atoms with van der Waals surface area (Å²) < 4.78 is 0.890. The lowest BCUT2D eigenvalue weighted by Crippen LogP contribution is -2.54. The zero-order valence-corrected chi connectivity index (χ0v) is 15.3. The minimum Gasteiger partial charge on any atom is -0.273 e. The molecular weight excluding hydrogens is 384 g/mol. The highest BCUT2D eigenvalue weighted by Gasteiger charge is 2.36. The maximum Gasteiger partial charge on any atom is 0.335 e. The molecule has 0 spiro atoms. The molecule has 1 heterocycles. The molecule has 0 bridgehead atoms. The molecule has 6 heteroatoms. The summed E-state index contributed by atoms with van der Waals surface area (Å²) in [6, 6.07) is 11.7. The molecule has 2 aromatic rings. The molecule has 0 aliphatic carbocycles. The van der Waals surface area contributed by atoms with Gasteiger partial charge in [0, 0.05) is 4.47 Å². The third kappa shape index (κ3) is 3.39. The van der Waals surface area contributed by atoms with Gasteiger partial charge in [0.2, 0.25) is 0 Å². The molecule has 2 aromatic carbocycles. The molecule has 0 radical (unpaired) electrons. The molecule has 126 valence electrons. The number of carbonyl (C=O) groups is 3. The maximum absolute atomic E-state index is 12.8. The van der Waals surface area contributed by atoms with Gasteiger partial charge in [-0.25, -0.2) is 9.69 Å². The summed E-state index contributed by atoms with van der Waals surface area (Å²) in [5, 5.41) is 2.22. The molecule has 1 aliphatic heterocycles. The molecule has 1 aliphatic rings. The molecule has 5 nitrogen and oxygen atoms in total. The highest BCUT2D eigenvalue weighted by molar-refractivity contribution is 9.10. The van der Waals surface area contributed by atoms with Gasteiger partial charge in [-0.3, -0.25) is 14.9 Å². The number of aryl methyl sites for hydroxylation is 2. The van der Waals surface area contributed by atoms with Gasteiger partial charge in [0.15, 0.2) is 0 Å². The van der Waals surface area contributed by atoms with Crippen LogP contribution in [-0.2, 0) is 9.59 Å². The third-order valence-corrected chi connectivity index (χ3v) is 4.56. The predicted molar refractivity (Wildman–Crippen MR) is 99.1 cm³/mol. The van der Waals surface area contributed by atoms with Crippen LogP contribution in [0.3, 0.4) is 0 Å². The fourth-order valence-electron chi connectivity index (χ4n) is 2.48. The van der Waals surface area contributed by atoms with Crippen molar-refractivity contribution in [2.45, 2.75) is 13.8 Å². The highest BCUT2D eigenvalue weighted by atomic mass is 79.9. The van der Waals surface area contributed by atoms with Crippen molar-refractivity contribution in [2.24, 2.45) is 0 Å². The number of imide groups is 2. The van der Waals surface area contributed by atoms with E-state index in [0.717, 1.165) is 20.5 Å². The Labute approximate surface area is 153 Å². The van der Waals surface area contributed by atoms with Crippen LogP contribution in [0.5, 0.6) is 0 Å². The molecule has 4 amide bonds. The fraction of sp³-hybridized carbons (Fsp3) is 0.105. The number of hydrogen-bond acceptors (Lipinski definition) is 3. The smallest absolute Gasteiger partial charge is 0.273 e. The van der Waals surface area contributed by atoms with E-state index in [-0.39, 0.29) is 5.57 Å². The molecule has 1 fully saturated rings. The molecule has 0 saturated carbocycles. The van der Waals surface area contributed by atoms with Crippen molar-refractivity contribution in [3.8, 4) is 0 Å². The molecule has 1 saturated heterocycles. The van der Waals surface area contributed by atoms with E-state index < -0.39 is 17.8 Å². The molecule has 0 atom stereocenters. The number of benzene rings is 2. The van der Waals surface area contributed by atoms with E-state index in [2.05, 4.69) is 21.2 Å². The zero-order valence-electron chi connectivity index (χ0n) is 13.7. The van der Waals surface area contributed by atoms with E-state index in [4.69, 9.17) is 0 Å². The van der Waals surface area contributed by atoms with Crippen molar-refractivity contribution >= 4 is 45.5 Å². The van der Waals surface area contributed by atoms with Gasteiger partial charge in [0.25, 0.3) is 11.8 Å². The lowest BCUT2D eigenvalue weighted by atomic mass is 10.1. The first-order chi connectivity index (χ1) is 11.9. The first-order valence-electron chi connectivity index (χ1n) is 7.61. The number of rotatable bonds is 2. The number of carbonyl (C=O) groups excluding carboxylic acids is 3. The molecule has 1 N–H and O–H groups in total. The molecule has 0 aromatic heterocycles. The van der Waals surface area contributed by atoms with Gasteiger partial charge in [-0.15, -0.1) is 0 Å². The number of barbiturate groups is 1. The SMILES string of the molecule is Cc1ccc(N2C(=O)NC(=O)/C(=C\c3ccc(Br)cc3)C2=O)cc1C. The van der Waals surface area contributed by atoms with Crippen molar-refractivity contribution < 1.29 is 14.4 Å². The molecular formula is C19H15BrN2O3. The number of nitrogens with zero attached hydrogens (tertiary/aromatic N) is 1. The minimum atomic E-state index is -0.744. The summed E-state index contributed by atoms with van der Waals surface area (Å²) in [5.74, 6) is -1.34. The van der Waals surface area contributed by atoms with Crippen LogP contribution in [0.4, 0.5) is 10.5 Å². The zero-order chi connectivity index (χ0) is 18.1. The van der Waals surface area contributed by atoms with E-state index in [9.17, 15) is 14.4 Å². The van der Waals surface area contributed by atoms with Gasteiger partial charge in [0.05, 0.1) is 5.69 Å². The Kier molecular flexibility index (Phi) is 4.55. The highest BCUT2D eigenvalue weighted by Crippen LogP contribution is 2.24.